The summed E-state index contributed by atoms with van der Waals surface area (Å²) in [5.41, 5.74) is -0.257. The van der Waals surface area contributed by atoms with E-state index >= 15 is 0 Å². The standard InChI is InChI=1S/C16H21N3O8/c1-10(16(22)23)18(7-6-17-11(2)20)15(21)9-27-12-4-5-13(19(24)25)14(8-12)26-3/h4-5,8,10H,6-7,9H2,1-3H3,(H,17,20)(H,22,23). The second-order valence-corrected chi connectivity index (χ2v) is 5.46. The summed E-state index contributed by atoms with van der Waals surface area (Å²) in [6.07, 6.45) is 0. The second kappa shape index (κ2) is 9.94. The quantitative estimate of drug-likeness (QED) is 0.436. The largest absolute Gasteiger partial charge is 0.490 e. The monoisotopic (exact) mass is 383 g/mol. The van der Waals surface area contributed by atoms with Crippen molar-refractivity contribution in [3.63, 3.8) is 0 Å². The fraction of sp³-hybridized carbons (Fsp3) is 0.438. The van der Waals surface area contributed by atoms with Crippen LogP contribution in [0.5, 0.6) is 11.5 Å². The number of nitro benzene ring substituents is 1. The van der Waals surface area contributed by atoms with Crippen LogP contribution in [0.1, 0.15) is 13.8 Å². The van der Waals surface area contributed by atoms with Gasteiger partial charge in [-0.2, -0.15) is 0 Å². The molecule has 0 saturated heterocycles. The van der Waals surface area contributed by atoms with E-state index in [4.69, 9.17) is 14.6 Å². The first-order chi connectivity index (χ1) is 12.7. The van der Waals surface area contributed by atoms with Gasteiger partial charge in [0.25, 0.3) is 5.91 Å². The van der Waals surface area contributed by atoms with Crippen LogP contribution < -0.4 is 14.8 Å². The number of carboxylic acid groups (broad SMARTS) is 1. The zero-order chi connectivity index (χ0) is 20.6. The Hall–Kier alpha value is -3.37. The highest BCUT2D eigenvalue weighted by Crippen LogP contribution is 2.30. The molecule has 1 rings (SSSR count). The van der Waals surface area contributed by atoms with Crippen LogP contribution in [0.4, 0.5) is 5.69 Å². The number of nitrogens with one attached hydrogen (secondary N) is 1. The molecule has 27 heavy (non-hydrogen) atoms. The molecule has 1 aromatic carbocycles. The minimum absolute atomic E-state index is 0.0151. The highest BCUT2D eigenvalue weighted by Gasteiger charge is 2.26. The van der Waals surface area contributed by atoms with Crippen LogP contribution in [0.15, 0.2) is 18.2 Å². The third-order valence-electron chi connectivity index (χ3n) is 3.58. The Morgan fingerprint density at radius 1 is 1.37 bits per heavy atom. The van der Waals surface area contributed by atoms with Crippen molar-refractivity contribution in [3.05, 3.63) is 28.3 Å². The molecule has 0 heterocycles. The normalized spacial score (nSPS) is 11.2. The van der Waals surface area contributed by atoms with E-state index in [0.29, 0.717) is 0 Å². The smallest absolute Gasteiger partial charge is 0.326 e. The van der Waals surface area contributed by atoms with Crippen LogP contribution in [0.3, 0.4) is 0 Å². The molecule has 0 aliphatic carbocycles. The number of amides is 2. The summed E-state index contributed by atoms with van der Waals surface area (Å²) in [6, 6.07) is 2.61. The zero-order valence-electron chi connectivity index (χ0n) is 15.1. The Morgan fingerprint density at radius 2 is 2.04 bits per heavy atom. The van der Waals surface area contributed by atoms with Gasteiger partial charge in [-0.05, 0) is 13.0 Å². The number of rotatable bonds is 10. The van der Waals surface area contributed by atoms with Crippen LogP contribution in [-0.2, 0) is 14.4 Å². The minimum Gasteiger partial charge on any atom is -0.490 e. The van der Waals surface area contributed by atoms with Gasteiger partial charge in [0, 0.05) is 32.1 Å². The number of benzene rings is 1. The fourth-order valence-corrected chi connectivity index (χ4v) is 2.15. The lowest BCUT2D eigenvalue weighted by atomic mass is 10.2. The van der Waals surface area contributed by atoms with Gasteiger partial charge in [-0.3, -0.25) is 19.7 Å². The van der Waals surface area contributed by atoms with Crippen molar-refractivity contribution in [2.45, 2.75) is 19.9 Å². The predicted molar refractivity (Wildman–Crippen MR) is 92.6 cm³/mol. The van der Waals surface area contributed by atoms with Crippen molar-refractivity contribution >= 4 is 23.5 Å². The average Bonchev–Trinajstić information content (AvgIpc) is 2.61. The first kappa shape index (κ1) is 21.7. The Bertz CT molecular complexity index is 722. The van der Waals surface area contributed by atoms with Crippen molar-refractivity contribution in [1.29, 1.82) is 0 Å². The van der Waals surface area contributed by atoms with Crippen molar-refractivity contribution in [2.75, 3.05) is 26.8 Å². The molecule has 1 aromatic rings. The van der Waals surface area contributed by atoms with Crippen LogP contribution in [0.25, 0.3) is 0 Å². The number of nitrogens with zero attached hydrogens (tertiary/aromatic N) is 2. The number of nitro groups is 1. The fourth-order valence-electron chi connectivity index (χ4n) is 2.15. The van der Waals surface area contributed by atoms with Gasteiger partial charge in [-0.25, -0.2) is 4.79 Å². The maximum Gasteiger partial charge on any atom is 0.326 e. The van der Waals surface area contributed by atoms with E-state index in [2.05, 4.69) is 5.32 Å². The highest BCUT2D eigenvalue weighted by molar-refractivity contribution is 5.84. The molecule has 11 heteroatoms. The molecule has 0 bridgehead atoms. The summed E-state index contributed by atoms with van der Waals surface area (Å²) in [7, 11) is 1.26. The average molecular weight is 383 g/mol. The van der Waals surface area contributed by atoms with Gasteiger partial charge in [0.05, 0.1) is 12.0 Å². The highest BCUT2D eigenvalue weighted by atomic mass is 16.6. The maximum absolute atomic E-state index is 12.4. The second-order valence-electron chi connectivity index (χ2n) is 5.46. The van der Waals surface area contributed by atoms with Gasteiger partial charge in [0.2, 0.25) is 11.7 Å². The summed E-state index contributed by atoms with van der Waals surface area (Å²) >= 11 is 0. The molecule has 0 radical (unpaired) electrons. The van der Waals surface area contributed by atoms with Crippen LogP contribution in [0.2, 0.25) is 0 Å². The first-order valence-electron chi connectivity index (χ1n) is 7.89. The molecule has 148 valence electrons. The van der Waals surface area contributed by atoms with Crippen molar-refractivity contribution < 1.29 is 33.9 Å². The van der Waals surface area contributed by atoms with Gasteiger partial charge in [-0.1, -0.05) is 0 Å². The molecular formula is C16H21N3O8. The number of hydrogen-bond donors (Lipinski definition) is 2. The predicted octanol–water partition coefficient (Wildman–Crippen LogP) is 0.420. The lowest BCUT2D eigenvalue weighted by Gasteiger charge is -2.26. The first-order valence-corrected chi connectivity index (χ1v) is 7.89. The number of carbonyl (C=O) groups is 3. The number of aliphatic carboxylic acids is 1. The molecule has 1 atom stereocenters. The number of carboxylic acids is 1. The number of hydrogen-bond acceptors (Lipinski definition) is 7. The summed E-state index contributed by atoms with van der Waals surface area (Å²) in [6.45, 7) is 2.22. The lowest BCUT2D eigenvalue weighted by molar-refractivity contribution is -0.385. The summed E-state index contributed by atoms with van der Waals surface area (Å²) in [5.74, 6) is -2.02. The molecule has 0 aliphatic heterocycles. The van der Waals surface area contributed by atoms with E-state index < -0.39 is 29.4 Å². The lowest BCUT2D eigenvalue weighted by Crippen LogP contribution is -2.48. The van der Waals surface area contributed by atoms with Gasteiger partial charge < -0.3 is 24.8 Å². The molecule has 1 unspecified atom stereocenters. The van der Waals surface area contributed by atoms with Crippen molar-refractivity contribution in [3.8, 4) is 11.5 Å². The van der Waals surface area contributed by atoms with Gasteiger partial charge >= 0.3 is 11.7 Å². The van der Waals surface area contributed by atoms with Crippen LogP contribution >= 0.6 is 0 Å². The Kier molecular flexibility index (Phi) is 7.98. The van der Waals surface area contributed by atoms with Crippen LogP contribution in [0, 0.1) is 10.1 Å². The molecule has 0 aromatic heterocycles. The Labute approximate surface area is 155 Å². The van der Waals surface area contributed by atoms with Crippen molar-refractivity contribution in [2.24, 2.45) is 0 Å². The molecule has 0 fully saturated rings. The zero-order valence-corrected chi connectivity index (χ0v) is 15.1. The van der Waals surface area contributed by atoms with E-state index in [1.54, 1.807) is 0 Å². The van der Waals surface area contributed by atoms with Crippen LogP contribution in [-0.4, -0.2) is 65.6 Å². The molecule has 0 spiro atoms. The maximum atomic E-state index is 12.4. The SMILES string of the molecule is COc1cc(OCC(=O)N(CCNC(C)=O)C(C)C(=O)O)ccc1[N+](=O)[O-]. The number of ether oxygens (including phenoxy) is 2. The van der Waals surface area contributed by atoms with Gasteiger partial charge in [-0.15, -0.1) is 0 Å². The third kappa shape index (κ3) is 6.45. The van der Waals surface area contributed by atoms with Gasteiger partial charge in [0.1, 0.15) is 11.8 Å². The Balaban J connectivity index is 2.81. The number of carbonyl (C=O) groups excluding carboxylic acids is 2. The summed E-state index contributed by atoms with van der Waals surface area (Å²) < 4.78 is 10.2. The van der Waals surface area contributed by atoms with Gasteiger partial charge in [0.15, 0.2) is 6.61 Å². The molecule has 11 nitrogen and oxygen atoms in total. The topological polar surface area (TPSA) is 148 Å². The third-order valence-corrected chi connectivity index (χ3v) is 3.58. The molecular weight excluding hydrogens is 362 g/mol. The summed E-state index contributed by atoms with van der Waals surface area (Å²) in [5, 5.41) is 22.5. The minimum atomic E-state index is -1.21. The van der Waals surface area contributed by atoms with Crippen molar-refractivity contribution in [1.82, 2.24) is 10.2 Å². The molecule has 2 N–H and O–H groups in total. The Morgan fingerprint density at radius 3 is 2.56 bits per heavy atom. The molecule has 2 amide bonds. The van der Waals surface area contributed by atoms with E-state index in [0.717, 1.165) is 4.90 Å². The van der Waals surface area contributed by atoms with E-state index in [9.17, 15) is 24.5 Å². The van der Waals surface area contributed by atoms with E-state index in [1.165, 1.54) is 39.2 Å². The molecule has 0 aliphatic rings. The summed E-state index contributed by atoms with van der Waals surface area (Å²) in [4.78, 5) is 45.8. The molecule has 0 saturated carbocycles. The van der Waals surface area contributed by atoms with E-state index in [-0.39, 0.29) is 36.2 Å². The van der Waals surface area contributed by atoms with E-state index in [1.807, 2.05) is 0 Å². The number of methoxy groups -OCH3 is 1.